The van der Waals surface area contributed by atoms with Crippen LogP contribution in [0.3, 0.4) is 0 Å². The van der Waals surface area contributed by atoms with Gasteiger partial charge in [0.1, 0.15) is 5.82 Å². The first kappa shape index (κ1) is 14.9. The van der Waals surface area contributed by atoms with Crippen LogP contribution in [0.2, 0.25) is 0 Å². The Balaban J connectivity index is 2.00. The molecule has 5 heteroatoms. The average molecular weight is 280 g/mol. The summed E-state index contributed by atoms with van der Waals surface area (Å²) in [7, 11) is 0. The number of likely N-dealkylation sites (N-methyl/N-ethyl adjacent to an activating group) is 1. The van der Waals surface area contributed by atoms with Crippen molar-refractivity contribution in [3.8, 4) is 0 Å². The van der Waals surface area contributed by atoms with Crippen molar-refractivity contribution >= 4 is 11.6 Å². The van der Waals surface area contributed by atoms with Gasteiger partial charge in [0.15, 0.2) is 0 Å². The summed E-state index contributed by atoms with van der Waals surface area (Å²) in [6, 6.07) is 5.94. The predicted molar refractivity (Wildman–Crippen MR) is 76.1 cm³/mol. The number of aliphatic hydroxyl groups excluding tert-OH is 1. The first-order chi connectivity index (χ1) is 9.60. The first-order valence-corrected chi connectivity index (χ1v) is 7.06. The highest BCUT2D eigenvalue weighted by molar-refractivity contribution is 5.94. The number of hydrogen-bond donors (Lipinski definition) is 1. The number of aliphatic hydroxyl groups is 1. The maximum Gasteiger partial charge on any atom is 0.241 e. The fourth-order valence-corrected chi connectivity index (χ4v) is 2.58. The molecule has 1 saturated heterocycles. The van der Waals surface area contributed by atoms with Crippen LogP contribution in [0.25, 0.3) is 0 Å². The summed E-state index contributed by atoms with van der Waals surface area (Å²) < 4.78 is 12.9. The van der Waals surface area contributed by atoms with Crippen LogP contribution in [-0.2, 0) is 4.79 Å². The number of nitrogens with zero attached hydrogens (tertiary/aromatic N) is 2. The molecule has 1 N–H and O–H groups in total. The highest BCUT2D eigenvalue weighted by Gasteiger charge is 2.22. The molecule has 0 spiro atoms. The molecule has 2 rings (SSSR count). The molecular weight excluding hydrogens is 259 g/mol. The molecule has 0 aromatic heterocycles. The number of carbonyl (C=O) groups is 1. The highest BCUT2D eigenvalue weighted by atomic mass is 19.1. The topological polar surface area (TPSA) is 43.8 Å². The van der Waals surface area contributed by atoms with Gasteiger partial charge in [0.05, 0.1) is 12.6 Å². The molecule has 0 saturated carbocycles. The Bertz CT molecular complexity index is 450. The number of amides is 1. The Morgan fingerprint density at radius 2 is 2.15 bits per heavy atom. The lowest BCUT2D eigenvalue weighted by Crippen LogP contribution is -2.45. The van der Waals surface area contributed by atoms with E-state index in [0.717, 1.165) is 19.4 Å². The average Bonchev–Trinajstić information content (AvgIpc) is 2.42. The predicted octanol–water partition coefficient (Wildman–Crippen LogP) is 1.64. The van der Waals surface area contributed by atoms with Crippen LogP contribution in [0.15, 0.2) is 24.3 Å². The van der Waals surface area contributed by atoms with E-state index in [0.29, 0.717) is 25.3 Å². The quantitative estimate of drug-likeness (QED) is 0.912. The number of likely N-dealkylation sites (tertiary alicyclic amines) is 1. The van der Waals surface area contributed by atoms with Gasteiger partial charge in [0.2, 0.25) is 5.91 Å². The van der Waals surface area contributed by atoms with Gasteiger partial charge >= 0.3 is 0 Å². The van der Waals surface area contributed by atoms with Crippen molar-refractivity contribution in [2.45, 2.75) is 25.9 Å². The minimum atomic E-state index is -0.336. The summed E-state index contributed by atoms with van der Waals surface area (Å²) in [5, 5.41) is 9.63. The van der Waals surface area contributed by atoms with Crippen LogP contribution in [-0.4, -0.2) is 48.2 Å². The van der Waals surface area contributed by atoms with Crippen molar-refractivity contribution in [2.24, 2.45) is 0 Å². The maximum absolute atomic E-state index is 12.9. The summed E-state index contributed by atoms with van der Waals surface area (Å²) in [6.07, 6.45) is 1.38. The SMILES string of the molecule is CCN(C(=O)CN1CCC[C@H](O)C1)c1ccc(F)cc1. The fraction of sp³-hybridized carbons (Fsp3) is 0.533. The van der Waals surface area contributed by atoms with Crippen LogP contribution in [0.5, 0.6) is 0 Å². The van der Waals surface area contributed by atoms with Gasteiger partial charge in [-0.25, -0.2) is 4.39 Å². The van der Waals surface area contributed by atoms with Gasteiger partial charge in [0, 0.05) is 18.8 Å². The molecule has 0 unspecified atom stereocenters. The zero-order chi connectivity index (χ0) is 14.5. The summed E-state index contributed by atoms with van der Waals surface area (Å²) in [5.74, 6) is -0.329. The normalized spacial score (nSPS) is 19.9. The highest BCUT2D eigenvalue weighted by Crippen LogP contribution is 2.16. The zero-order valence-electron chi connectivity index (χ0n) is 11.8. The number of anilines is 1. The van der Waals surface area contributed by atoms with E-state index in [-0.39, 0.29) is 17.8 Å². The Morgan fingerprint density at radius 3 is 2.75 bits per heavy atom. The van der Waals surface area contributed by atoms with Crippen molar-refractivity contribution in [3.05, 3.63) is 30.1 Å². The molecule has 4 nitrogen and oxygen atoms in total. The summed E-state index contributed by atoms with van der Waals surface area (Å²) in [6.45, 7) is 4.12. The lowest BCUT2D eigenvalue weighted by atomic mass is 10.1. The molecule has 1 aliphatic heterocycles. The van der Waals surface area contributed by atoms with Gasteiger partial charge in [0.25, 0.3) is 0 Å². The second-order valence-electron chi connectivity index (χ2n) is 5.15. The number of hydrogen-bond acceptors (Lipinski definition) is 3. The van der Waals surface area contributed by atoms with Gasteiger partial charge in [-0.05, 0) is 50.6 Å². The van der Waals surface area contributed by atoms with Gasteiger partial charge < -0.3 is 10.0 Å². The van der Waals surface area contributed by atoms with E-state index >= 15 is 0 Å². The second kappa shape index (κ2) is 6.81. The minimum absolute atomic E-state index is 0.0202. The molecule has 1 aliphatic rings. The number of benzene rings is 1. The Labute approximate surface area is 118 Å². The molecule has 0 aliphatic carbocycles. The van der Waals surface area contributed by atoms with Gasteiger partial charge in [-0.2, -0.15) is 0 Å². The van der Waals surface area contributed by atoms with E-state index in [2.05, 4.69) is 0 Å². The molecule has 0 bridgehead atoms. The van der Waals surface area contributed by atoms with E-state index in [1.807, 2.05) is 11.8 Å². The Hall–Kier alpha value is -1.46. The first-order valence-electron chi connectivity index (χ1n) is 7.06. The van der Waals surface area contributed by atoms with E-state index < -0.39 is 0 Å². The molecule has 1 amide bonds. The van der Waals surface area contributed by atoms with Crippen molar-refractivity contribution in [3.63, 3.8) is 0 Å². The molecule has 1 heterocycles. The van der Waals surface area contributed by atoms with Crippen LogP contribution < -0.4 is 4.90 Å². The monoisotopic (exact) mass is 280 g/mol. The smallest absolute Gasteiger partial charge is 0.241 e. The van der Waals surface area contributed by atoms with Crippen LogP contribution in [0.4, 0.5) is 10.1 Å². The standard InChI is InChI=1S/C15H21FN2O2/c1-2-18(13-7-5-12(16)6-8-13)15(20)11-17-9-3-4-14(19)10-17/h5-8,14,19H,2-4,9-11H2,1H3/t14-/m0/s1. The molecule has 20 heavy (non-hydrogen) atoms. The van der Waals surface area contributed by atoms with E-state index in [1.165, 1.54) is 12.1 Å². The number of rotatable bonds is 4. The molecule has 110 valence electrons. The van der Waals surface area contributed by atoms with Crippen LogP contribution in [0.1, 0.15) is 19.8 Å². The largest absolute Gasteiger partial charge is 0.392 e. The lowest BCUT2D eigenvalue weighted by Gasteiger charge is -2.31. The van der Waals surface area contributed by atoms with Crippen molar-refractivity contribution in [1.82, 2.24) is 4.90 Å². The van der Waals surface area contributed by atoms with Crippen molar-refractivity contribution in [1.29, 1.82) is 0 Å². The third kappa shape index (κ3) is 3.77. The lowest BCUT2D eigenvalue weighted by molar-refractivity contribution is -0.120. The molecular formula is C15H21FN2O2. The van der Waals surface area contributed by atoms with Crippen LogP contribution in [0, 0.1) is 5.82 Å². The van der Waals surface area contributed by atoms with Gasteiger partial charge in [-0.15, -0.1) is 0 Å². The van der Waals surface area contributed by atoms with Gasteiger partial charge in [-0.1, -0.05) is 0 Å². The fourth-order valence-electron chi connectivity index (χ4n) is 2.58. The molecule has 1 fully saturated rings. The molecule has 1 aromatic rings. The Kier molecular flexibility index (Phi) is 5.09. The summed E-state index contributed by atoms with van der Waals surface area (Å²) >= 11 is 0. The second-order valence-corrected chi connectivity index (χ2v) is 5.15. The minimum Gasteiger partial charge on any atom is -0.392 e. The number of β-amino-alcohol motifs (C(OH)–C–C–N with tert-alkyl or cyclic N) is 1. The number of carbonyl (C=O) groups excluding carboxylic acids is 1. The molecule has 1 atom stereocenters. The third-order valence-electron chi connectivity index (χ3n) is 3.60. The van der Waals surface area contributed by atoms with Crippen LogP contribution >= 0.6 is 0 Å². The third-order valence-corrected chi connectivity index (χ3v) is 3.60. The van der Waals surface area contributed by atoms with E-state index in [9.17, 15) is 14.3 Å². The van der Waals surface area contributed by atoms with Gasteiger partial charge in [-0.3, -0.25) is 9.69 Å². The maximum atomic E-state index is 12.9. The Morgan fingerprint density at radius 1 is 1.45 bits per heavy atom. The van der Waals surface area contributed by atoms with Crippen molar-refractivity contribution < 1.29 is 14.3 Å². The summed E-state index contributed by atoms with van der Waals surface area (Å²) in [5.41, 5.74) is 0.705. The summed E-state index contributed by atoms with van der Waals surface area (Å²) in [4.78, 5) is 16.0. The number of piperidine rings is 1. The molecule has 1 aromatic carbocycles. The van der Waals surface area contributed by atoms with E-state index in [1.54, 1.807) is 17.0 Å². The van der Waals surface area contributed by atoms with E-state index in [4.69, 9.17) is 0 Å². The number of halogens is 1. The van der Waals surface area contributed by atoms with Crippen molar-refractivity contribution in [2.75, 3.05) is 31.1 Å². The molecule has 0 radical (unpaired) electrons. The zero-order valence-corrected chi connectivity index (χ0v) is 11.8.